The lowest BCUT2D eigenvalue weighted by Crippen LogP contribution is -2.25. The Bertz CT molecular complexity index is 813. The molecule has 0 heterocycles. The quantitative estimate of drug-likeness (QED) is 0.909. The SMILES string of the molecule is COc1ccc(-c2ccc3c(c2)CC(C)(C)C3OC(N)=O)c(OC)c1. The highest BCUT2D eigenvalue weighted by molar-refractivity contribution is 5.73. The van der Waals surface area contributed by atoms with Crippen molar-refractivity contribution in [3.8, 4) is 22.6 Å². The maximum absolute atomic E-state index is 11.3. The fourth-order valence-corrected chi connectivity index (χ4v) is 3.56. The molecule has 0 saturated carbocycles. The van der Waals surface area contributed by atoms with Crippen LogP contribution in [0, 0.1) is 5.41 Å². The molecule has 0 saturated heterocycles. The van der Waals surface area contributed by atoms with E-state index in [9.17, 15) is 4.79 Å². The number of benzene rings is 2. The first-order valence-electron chi connectivity index (χ1n) is 8.17. The monoisotopic (exact) mass is 341 g/mol. The van der Waals surface area contributed by atoms with Crippen LogP contribution in [0.5, 0.6) is 11.5 Å². The molecule has 1 unspecified atom stereocenters. The number of methoxy groups -OCH3 is 2. The average Bonchev–Trinajstić information content (AvgIpc) is 2.83. The molecule has 1 atom stereocenters. The molecule has 1 aliphatic rings. The summed E-state index contributed by atoms with van der Waals surface area (Å²) in [5, 5.41) is 0. The van der Waals surface area contributed by atoms with Gasteiger partial charge in [0.2, 0.25) is 0 Å². The Morgan fingerprint density at radius 2 is 1.88 bits per heavy atom. The Balaban J connectivity index is 2.02. The Morgan fingerprint density at radius 3 is 2.52 bits per heavy atom. The summed E-state index contributed by atoms with van der Waals surface area (Å²) in [5.74, 6) is 1.50. The summed E-state index contributed by atoms with van der Waals surface area (Å²) in [6.07, 6.45) is -0.259. The van der Waals surface area contributed by atoms with Gasteiger partial charge in [0, 0.05) is 17.0 Å². The predicted octanol–water partition coefficient (Wildman–Crippen LogP) is 4.09. The number of ether oxygens (including phenoxy) is 3. The van der Waals surface area contributed by atoms with Gasteiger partial charge in [-0.2, -0.15) is 0 Å². The van der Waals surface area contributed by atoms with Gasteiger partial charge in [0.25, 0.3) is 0 Å². The first kappa shape index (κ1) is 17.1. The van der Waals surface area contributed by atoms with E-state index in [-0.39, 0.29) is 11.5 Å². The van der Waals surface area contributed by atoms with Crippen molar-refractivity contribution in [3.63, 3.8) is 0 Å². The van der Waals surface area contributed by atoms with Crippen molar-refractivity contribution in [3.05, 3.63) is 47.5 Å². The van der Waals surface area contributed by atoms with Crippen molar-refractivity contribution < 1.29 is 19.0 Å². The molecule has 5 nitrogen and oxygen atoms in total. The van der Waals surface area contributed by atoms with E-state index in [4.69, 9.17) is 19.9 Å². The van der Waals surface area contributed by atoms with Crippen LogP contribution in [0.15, 0.2) is 36.4 Å². The number of carbonyl (C=O) groups is 1. The minimum Gasteiger partial charge on any atom is -0.497 e. The van der Waals surface area contributed by atoms with Crippen molar-refractivity contribution >= 4 is 6.09 Å². The van der Waals surface area contributed by atoms with Crippen LogP contribution in [-0.2, 0) is 11.2 Å². The molecular weight excluding hydrogens is 318 g/mol. The second-order valence-corrected chi connectivity index (χ2v) is 6.96. The fourth-order valence-electron chi connectivity index (χ4n) is 3.56. The normalized spacial score (nSPS) is 17.7. The van der Waals surface area contributed by atoms with Gasteiger partial charge < -0.3 is 19.9 Å². The van der Waals surface area contributed by atoms with Crippen LogP contribution in [0.4, 0.5) is 4.79 Å². The van der Waals surface area contributed by atoms with Gasteiger partial charge in [-0.05, 0) is 35.2 Å². The van der Waals surface area contributed by atoms with Gasteiger partial charge in [-0.15, -0.1) is 0 Å². The summed E-state index contributed by atoms with van der Waals surface area (Å²) in [6.45, 7) is 4.16. The van der Waals surface area contributed by atoms with Gasteiger partial charge in [-0.3, -0.25) is 0 Å². The largest absolute Gasteiger partial charge is 0.497 e. The van der Waals surface area contributed by atoms with E-state index < -0.39 is 6.09 Å². The number of rotatable bonds is 4. The van der Waals surface area contributed by atoms with Gasteiger partial charge in [-0.25, -0.2) is 4.79 Å². The average molecular weight is 341 g/mol. The van der Waals surface area contributed by atoms with Crippen LogP contribution in [0.25, 0.3) is 11.1 Å². The Labute approximate surface area is 147 Å². The molecule has 0 aliphatic heterocycles. The fraction of sp³-hybridized carbons (Fsp3) is 0.350. The molecule has 0 bridgehead atoms. The third kappa shape index (κ3) is 3.14. The topological polar surface area (TPSA) is 70.8 Å². The summed E-state index contributed by atoms with van der Waals surface area (Å²) in [4.78, 5) is 11.3. The Morgan fingerprint density at radius 1 is 1.12 bits per heavy atom. The summed E-state index contributed by atoms with van der Waals surface area (Å²) < 4.78 is 16.1. The molecule has 2 N–H and O–H groups in total. The van der Waals surface area contributed by atoms with Gasteiger partial charge in [0.1, 0.15) is 17.6 Å². The third-order valence-electron chi connectivity index (χ3n) is 4.73. The van der Waals surface area contributed by atoms with Crippen molar-refractivity contribution in [2.45, 2.75) is 26.4 Å². The summed E-state index contributed by atoms with van der Waals surface area (Å²) in [7, 11) is 3.27. The number of nitrogens with two attached hydrogens (primary N) is 1. The van der Waals surface area contributed by atoms with E-state index in [1.54, 1.807) is 14.2 Å². The number of primary amides is 1. The zero-order valence-corrected chi connectivity index (χ0v) is 15.0. The second kappa shape index (κ2) is 6.31. The third-order valence-corrected chi connectivity index (χ3v) is 4.73. The minimum atomic E-state index is -0.744. The van der Waals surface area contributed by atoms with E-state index in [0.717, 1.165) is 40.2 Å². The molecule has 1 aliphatic carbocycles. The number of fused-ring (bicyclic) bond motifs is 1. The number of amides is 1. The summed E-state index contributed by atoms with van der Waals surface area (Å²) >= 11 is 0. The van der Waals surface area contributed by atoms with Crippen LogP contribution < -0.4 is 15.2 Å². The second-order valence-electron chi connectivity index (χ2n) is 6.96. The highest BCUT2D eigenvalue weighted by Gasteiger charge is 2.41. The molecule has 5 heteroatoms. The highest BCUT2D eigenvalue weighted by Crippen LogP contribution is 2.48. The van der Waals surface area contributed by atoms with Gasteiger partial charge in [0.15, 0.2) is 0 Å². The van der Waals surface area contributed by atoms with Gasteiger partial charge >= 0.3 is 6.09 Å². The molecule has 132 valence electrons. The Kier molecular flexibility index (Phi) is 4.33. The molecule has 0 spiro atoms. The summed E-state index contributed by atoms with van der Waals surface area (Å²) in [5.41, 5.74) is 9.26. The standard InChI is InChI=1S/C20H23NO4/c1-20(2)11-13-9-12(5-7-16(13)18(20)25-19(21)22)15-8-6-14(23-3)10-17(15)24-4/h5-10,18H,11H2,1-4H3,(H2,21,22). The first-order valence-corrected chi connectivity index (χ1v) is 8.17. The molecule has 2 aromatic carbocycles. The maximum atomic E-state index is 11.3. The lowest BCUT2D eigenvalue weighted by Gasteiger charge is -2.26. The van der Waals surface area contributed by atoms with E-state index in [2.05, 4.69) is 19.9 Å². The van der Waals surface area contributed by atoms with E-state index in [1.165, 1.54) is 0 Å². The molecule has 0 aromatic heterocycles. The van der Waals surface area contributed by atoms with Crippen molar-refractivity contribution in [1.29, 1.82) is 0 Å². The van der Waals surface area contributed by atoms with Crippen LogP contribution in [-0.4, -0.2) is 20.3 Å². The lowest BCUT2D eigenvalue weighted by molar-refractivity contribution is 0.0392. The van der Waals surface area contributed by atoms with Crippen molar-refractivity contribution in [2.75, 3.05) is 14.2 Å². The number of hydrogen-bond acceptors (Lipinski definition) is 4. The molecule has 25 heavy (non-hydrogen) atoms. The van der Waals surface area contributed by atoms with Crippen LogP contribution in [0.1, 0.15) is 31.1 Å². The van der Waals surface area contributed by atoms with Gasteiger partial charge in [-0.1, -0.05) is 32.0 Å². The lowest BCUT2D eigenvalue weighted by atomic mass is 9.87. The molecule has 2 aromatic rings. The minimum absolute atomic E-state index is 0.194. The maximum Gasteiger partial charge on any atom is 0.405 e. The number of hydrogen-bond donors (Lipinski definition) is 1. The first-order chi connectivity index (χ1) is 11.9. The highest BCUT2D eigenvalue weighted by atomic mass is 16.6. The van der Waals surface area contributed by atoms with E-state index >= 15 is 0 Å². The van der Waals surface area contributed by atoms with Crippen molar-refractivity contribution in [2.24, 2.45) is 11.1 Å². The van der Waals surface area contributed by atoms with Crippen LogP contribution in [0.2, 0.25) is 0 Å². The molecule has 0 fully saturated rings. The van der Waals surface area contributed by atoms with E-state index in [0.29, 0.717) is 0 Å². The van der Waals surface area contributed by atoms with Gasteiger partial charge in [0.05, 0.1) is 14.2 Å². The molecule has 1 amide bonds. The molecule has 0 radical (unpaired) electrons. The van der Waals surface area contributed by atoms with E-state index in [1.807, 2.05) is 30.3 Å². The zero-order valence-electron chi connectivity index (χ0n) is 15.0. The predicted molar refractivity (Wildman–Crippen MR) is 95.9 cm³/mol. The Hall–Kier alpha value is -2.69. The van der Waals surface area contributed by atoms with Crippen LogP contribution in [0.3, 0.4) is 0 Å². The van der Waals surface area contributed by atoms with Crippen LogP contribution >= 0.6 is 0 Å². The molecular formula is C20H23NO4. The number of carbonyl (C=O) groups excluding carboxylic acids is 1. The smallest absolute Gasteiger partial charge is 0.405 e. The zero-order chi connectivity index (χ0) is 18.2. The molecule has 3 rings (SSSR count). The van der Waals surface area contributed by atoms with Crippen molar-refractivity contribution in [1.82, 2.24) is 0 Å². The summed E-state index contributed by atoms with van der Waals surface area (Å²) in [6, 6.07) is 11.9.